The fourth-order valence-corrected chi connectivity index (χ4v) is 8.58. The zero-order valence-electron chi connectivity index (χ0n) is 18.1. The van der Waals surface area contributed by atoms with Crippen LogP contribution >= 0.6 is 0 Å². The van der Waals surface area contributed by atoms with Crippen molar-refractivity contribution in [1.29, 1.82) is 0 Å². The Morgan fingerprint density at radius 2 is 1.90 bits per heavy atom. The highest BCUT2D eigenvalue weighted by Crippen LogP contribution is 2.70. The molecular formula is C25H38O4. The fraction of sp³-hybridized carbons (Fsp3) is 0.840. The largest absolute Gasteiger partial charge is 0.472 e. The second-order valence-corrected chi connectivity index (χ2v) is 11.0. The molecule has 0 bridgehead atoms. The van der Waals surface area contributed by atoms with Crippen LogP contribution in [0.15, 0.2) is 23.0 Å². The molecule has 0 unspecified atom stereocenters. The lowest BCUT2D eigenvalue weighted by Crippen LogP contribution is -2.56. The molecule has 2 N–H and O–H groups in total. The molecule has 1 heterocycles. The van der Waals surface area contributed by atoms with Crippen molar-refractivity contribution in [3.63, 3.8) is 0 Å². The average Bonchev–Trinajstić information content (AvgIpc) is 3.34. The first kappa shape index (κ1) is 20.1. The van der Waals surface area contributed by atoms with Gasteiger partial charge in [0.1, 0.15) is 0 Å². The van der Waals surface area contributed by atoms with Gasteiger partial charge in [-0.05, 0) is 92.9 Å². The third-order valence-electron chi connectivity index (χ3n) is 10.2. The van der Waals surface area contributed by atoms with E-state index in [-0.39, 0.29) is 12.0 Å². The molecule has 0 saturated heterocycles. The van der Waals surface area contributed by atoms with E-state index in [1.165, 1.54) is 32.1 Å². The predicted molar refractivity (Wildman–Crippen MR) is 111 cm³/mol. The lowest BCUT2D eigenvalue weighted by atomic mass is 9.44. The lowest BCUT2D eigenvalue weighted by Gasteiger charge is -2.61. The summed E-state index contributed by atoms with van der Waals surface area (Å²) in [4.78, 5) is 0. The van der Waals surface area contributed by atoms with E-state index in [2.05, 4.69) is 13.8 Å². The Morgan fingerprint density at radius 3 is 2.66 bits per heavy atom. The molecule has 4 saturated carbocycles. The van der Waals surface area contributed by atoms with Crippen LogP contribution in [-0.4, -0.2) is 29.5 Å². The van der Waals surface area contributed by atoms with Crippen molar-refractivity contribution in [2.75, 3.05) is 13.2 Å². The van der Waals surface area contributed by atoms with E-state index in [4.69, 9.17) is 14.3 Å². The van der Waals surface area contributed by atoms with Gasteiger partial charge < -0.3 is 19.4 Å². The molecule has 1 aromatic rings. The van der Waals surface area contributed by atoms with E-state index < -0.39 is 5.60 Å². The van der Waals surface area contributed by atoms with Crippen LogP contribution in [0.25, 0.3) is 0 Å². The van der Waals surface area contributed by atoms with Crippen LogP contribution in [0.4, 0.5) is 0 Å². The third-order valence-corrected chi connectivity index (χ3v) is 10.2. The summed E-state index contributed by atoms with van der Waals surface area (Å²) < 4.78 is 11.3. The highest BCUT2D eigenvalue weighted by Gasteiger charge is 2.65. The van der Waals surface area contributed by atoms with Gasteiger partial charge in [-0.25, -0.2) is 0 Å². The second kappa shape index (κ2) is 7.10. The summed E-state index contributed by atoms with van der Waals surface area (Å²) >= 11 is 0. The molecular weight excluding hydrogens is 364 g/mol. The number of fused-ring (bicyclic) bond motifs is 5. The summed E-state index contributed by atoms with van der Waals surface area (Å²) in [6.45, 7) is 5.54. The summed E-state index contributed by atoms with van der Waals surface area (Å²) in [6, 6.07) is 1.98. The van der Waals surface area contributed by atoms with Gasteiger partial charge in [-0.15, -0.1) is 0 Å². The van der Waals surface area contributed by atoms with Crippen LogP contribution in [0.5, 0.6) is 0 Å². The van der Waals surface area contributed by atoms with E-state index in [1.54, 1.807) is 12.5 Å². The van der Waals surface area contributed by atoms with Gasteiger partial charge in [0.2, 0.25) is 0 Å². The molecule has 0 amide bonds. The molecule has 0 aromatic carbocycles. The molecule has 4 aliphatic carbocycles. The Balaban J connectivity index is 1.37. The maximum absolute atomic E-state index is 11.8. The van der Waals surface area contributed by atoms with Crippen molar-refractivity contribution in [3.8, 4) is 0 Å². The van der Waals surface area contributed by atoms with Crippen LogP contribution in [0, 0.1) is 34.5 Å². The molecule has 4 aliphatic rings. The molecule has 0 radical (unpaired) electrons. The van der Waals surface area contributed by atoms with Crippen molar-refractivity contribution in [2.24, 2.45) is 34.5 Å². The van der Waals surface area contributed by atoms with Crippen molar-refractivity contribution < 1.29 is 19.4 Å². The smallest absolute Gasteiger partial charge is 0.0983 e. The lowest BCUT2D eigenvalue weighted by molar-refractivity contribution is -0.165. The minimum absolute atomic E-state index is 0.0390. The summed E-state index contributed by atoms with van der Waals surface area (Å²) in [6.07, 6.45) is 14.3. The minimum Gasteiger partial charge on any atom is -0.472 e. The average molecular weight is 403 g/mol. The molecule has 0 spiro atoms. The number of ether oxygens (including phenoxy) is 1. The zero-order chi connectivity index (χ0) is 20.3. The summed E-state index contributed by atoms with van der Waals surface area (Å²) in [5, 5.41) is 20.9. The van der Waals surface area contributed by atoms with Gasteiger partial charge in [-0.1, -0.05) is 13.8 Å². The first-order valence-corrected chi connectivity index (χ1v) is 11.9. The summed E-state index contributed by atoms with van der Waals surface area (Å²) in [5.41, 5.74) is 0.633. The Hall–Kier alpha value is -0.840. The van der Waals surface area contributed by atoms with Crippen LogP contribution in [0.1, 0.15) is 77.2 Å². The molecule has 4 nitrogen and oxygen atoms in total. The SMILES string of the molecule is C[C@]12CC[C@H](OCCO)C[C@H]1CC[C@@H]1[C@@H]2CC[C@@]2(C)[C@H]1CC[C@@]2(O)c1ccoc1. The standard InChI is InChI=1S/C25H38O4/c1-23-9-5-19(29-14-12-26)15-17(23)3-4-20-21(23)6-10-24(2)22(20)7-11-25(24,27)18-8-13-28-16-18/h8,13,16-17,19-22,26-27H,3-7,9-12,14-15H2,1-2H3/t17-,19+,20-,21+,22+,23+,24+,25-/m1/s1. The number of furan rings is 1. The van der Waals surface area contributed by atoms with Gasteiger partial charge in [-0.2, -0.15) is 0 Å². The Bertz CT molecular complexity index is 716. The number of rotatable bonds is 4. The van der Waals surface area contributed by atoms with Gasteiger partial charge >= 0.3 is 0 Å². The van der Waals surface area contributed by atoms with Crippen molar-refractivity contribution in [3.05, 3.63) is 24.2 Å². The van der Waals surface area contributed by atoms with Crippen LogP contribution < -0.4 is 0 Å². The van der Waals surface area contributed by atoms with E-state index in [0.717, 1.165) is 49.0 Å². The highest BCUT2D eigenvalue weighted by atomic mass is 16.5. The number of hydrogen-bond donors (Lipinski definition) is 2. The molecule has 162 valence electrons. The van der Waals surface area contributed by atoms with E-state index in [9.17, 15) is 5.11 Å². The van der Waals surface area contributed by atoms with Gasteiger partial charge in [0.25, 0.3) is 0 Å². The molecule has 1 aromatic heterocycles. The quantitative estimate of drug-likeness (QED) is 0.753. The molecule has 8 atom stereocenters. The van der Waals surface area contributed by atoms with Crippen LogP contribution in [-0.2, 0) is 10.3 Å². The van der Waals surface area contributed by atoms with E-state index in [1.807, 2.05) is 6.07 Å². The van der Waals surface area contributed by atoms with Gasteiger partial charge in [0.15, 0.2) is 0 Å². The first-order chi connectivity index (χ1) is 13.9. The van der Waals surface area contributed by atoms with Gasteiger partial charge in [0, 0.05) is 11.0 Å². The summed E-state index contributed by atoms with van der Waals surface area (Å²) in [5.74, 6) is 2.89. The molecule has 5 rings (SSSR count). The highest BCUT2D eigenvalue weighted by molar-refractivity contribution is 5.26. The van der Waals surface area contributed by atoms with E-state index >= 15 is 0 Å². The van der Waals surface area contributed by atoms with Gasteiger partial charge in [0.05, 0.1) is 37.4 Å². The predicted octanol–water partition coefficient (Wildman–Crippen LogP) is 4.89. The Morgan fingerprint density at radius 1 is 1.07 bits per heavy atom. The normalized spacial score (nSPS) is 49.3. The maximum Gasteiger partial charge on any atom is 0.0983 e. The fourth-order valence-electron chi connectivity index (χ4n) is 8.58. The number of hydrogen-bond acceptors (Lipinski definition) is 4. The Kier molecular flexibility index (Phi) is 4.92. The molecule has 0 aliphatic heterocycles. The van der Waals surface area contributed by atoms with Gasteiger partial charge in [-0.3, -0.25) is 0 Å². The third kappa shape index (κ3) is 2.81. The minimum atomic E-state index is -0.733. The van der Waals surface area contributed by atoms with Crippen molar-refractivity contribution in [2.45, 2.75) is 83.3 Å². The van der Waals surface area contributed by atoms with Crippen molar-refractivity contribution >= 4 is 0 Å². The maximum atomic E-state index is 11.8. The second-order valence-electron chi connectivity index (χ2n) is 11.0. The first-order valence-electron chi connectivity index (χ1n) is 11.9. The molecule has 4 heteroatoms. The monoisotopic (exact) mass is 402 g/mol. The van der Waals surface area contributed by atoms with Crippen LogP contribution in [0.3, 0.4) is 0 Å². The molecule has 29 heavy (non-hydrogen) atoms. The zero-order valence-corrected chi connectivity index (χ0v) is 18.1. The number of aliphatic hydroxyl groups is 2. The number of aliphatic hydroxyl groups excluding tert-OH is 1. The molecule has 4 fully saturated rings. The van der Waals surface area contributed by atoms with Crippen LogP contribution in [0.2, 0.25) is 0 Å². The topological polar surface area (TPSA) is 62.8 Å². The Labute approximate surface area is 175 Å². The van der Waals surface area contributed by atoms with E-state index in [0.29, 0.717) is 24.0 Å². The summed E-state index contributed by atoms with van der Waals surface area (Å²) in [7, 11) is 0. The van der Waals surface area contributed by atoms with Crippen molar-refractivity contribution in [1.82, 2.24) is 0 Å².